The van der Waals surface area contributed by atoms with Crippen molar-refractivity contribution in [3.8, 4) is 50.5 Å². The number of anilines is 6. The molecule has 60 heavy (non-hydrogen) atoms. The first-order valence-electron chi connectivity index (χ1n) is 20.4. The van der Waals surface area contributed by atoms with Gasteiger partial charge in [0.05, 0.1) is 39.5 Å². The average molecular weight is 767 g/mol. The molecule has 13 rings (SSSR count). The third kappa shape index (κ3) is 4.77. The minimum atomic E-state index is 0.888. The second-order valence-corrected chi connectivity index (χ2v) is 15.6. The molecule has 0 bridgehead atoms. The summed E-state index contributed by atoms with van der Waals surface area (Å²) in [4.78, 5) is 10.0. The summed E-state index contributed by atoms with van der Waals surface area (Å²) in [6, 6.07) is 73.9. The van der Waals surface area contributed by atoms with Crippen molar-refractivity contribution >= 4 is 67.1 Å². The normalized spacial score (nSPS) is 12.6. The van der Waals surface area contributed by atoms with Gasteiger partial charge in [-0.2, -0.15) is 0 Å². The van der Waals surface area contributed by atoms with Gasteiger partial charge in [0.15, 0.2) is 0 Å². The van der Waals surface area contributed by atoms with Crippen molar-refractivity contribution in [3.63, 3.8) is 0 Å². The zero-order valence-electron chi connectivity index (χ0n) is 32.3. The lowest BCUT2D eigenvalue weighted by atomic mass is 9.92. The number of para-hydroxylation sites is 7. The minimum Gasteiger partial charge on any atom is -0.456 e. The van der Waals surface area contributed by atoms with Crippen molar-refractivity contribution in [3.05, 3.63) is 206 Å². The standard InChI is InChI=1S/C55H34N4O/c1-2-13-38(14-3-1)58-48-20-8-7-19-46(48)56-55(58)36-27-25-35(26-28-36)37-29-31-47-44(33-37)41-16-5-4-15-40(41)43-18-12-23-51-54(43)59(47)50-22-10-9-21-49(50)57(51)39-30-32-53-45(34-39)42-17-6-11-24-52(42)60-53/h1-34H. The number of rotatable bonds is 4. The van der Waals surface area contributed by atoms with Gasteiger partial charge in [-0.05, 0) is 101 Å². The topological polar surface area (TPSA) is 37.4 Å². The summed E-state index contributed by atoms with van der Waals surface area (Å²) < 4.78 is 8.52. The molecule has 5 heteroatoms. The predicted molar refractivity (Wildman–Crippen MR) is 247 cm³/mol. The van der Waals surface area contributed by atoms with Gasteiger partial charge in [-0.3, -0.25) is 4.57 Å². The lowest BCUT2D eigenvalue weighted by Crippen LogP contribution is -2.24. The maximum atomic E-state index is 6.26. The van der Waals surface area contributed by atoms with E-state index in [9.17, 15) is 0 Å². The molecule has 2 aromatic heterocycles. The maximum absolute atomic E-state index is 6.26. The largest absolute Gasteiger partial charge is 0.456 e. The maximum Gasteiger partial charge on any atom is 0.145 e. The number of hydrogen-bond acceptors (Lipinski definition) is 4. The highest BCUT2D eigenvalue weighted by Crippen LogP contribution is 2.61. The molecule has 0 spiro atoms. The van der Waals surface area contributed by atoms with Gasteiger partial charge < -0.3 is 14.2 Å². The van der Waals surface area contributed by atoms with E-state index in [1.54, 1.807) is 0 Å². The molecule has 0 saturated carbocycles. The fourth-order valence-corrected chi connectivity index (χ4v) is 9.59. The molecule has 0 aliphatic carbocycles. The van der Waals surface area contributed by atoms with E-state index in [0.29, 0.717) is 0 Å². The van der Waals surface area contributed by atoms with Crippen LogP contribution in [0.25, 0.3) is 83.4 Å². The molecule has 5 nitrogen and oxygen atoms in total. The monoisotopic (exact) mass is 766 g/mol. The van der Waals surface area contributed by atoms with Gasteiger partial charge in [-0.25, -0.2) is 4.98 Å². The summed E-state index contributed by atoms with van der Waals surface area (Å²) in [7, 11) is 0. The van der Waals surface area contributed by atoms with Crippen LogP contribution in [0, 0.1) is 0 Å². The second kappa shape index (κ2) is 12.7. The molecule has 0 radical (unpaired) electrons. The Balaban J connectivity index is 0.965. The molecule has 2 aliphatic rings. The zero-order valence-corrected chi connectivity index (χ0v) is 32.3. The summed E-state index contributed by atoms with van der Waals surface area (Å²) in [5.41, 5.74) is 19.9. The van der Waals surface area contributed by atoms with Crippen molar-refractivity contribution in [1.29, 1.82) is 0 Å². The Bertz CT molecular complexity index is 3510. The number of aromatic nitrogens is 2. The van der Waals surface area contributed by atoms with E-state index in [1.165, 1.54) is 22.3 Å². The van der Waals surface area contributed by atoms with E-state index in [2.05, 4.69) is 208 Å². The average Bonchev–Trinajstić information content (AvgIpc) is 3.86. The zero-order chi connectivity index (χ0) is 39.3. The third-order valence-electron chi connectivity index (χ3n) is 12.3. The van der Waals surface area contributed by atoms with E-state index in [0.717, 1.165) is 95.3 Å². The number of hydrogen-bond donors (Lipinski definition) is 0. The lowest BCUT2D eigenvalue weighted by Gasteiger charge is -2.41. The molecule has 11 aromatic rings. The fraction of sp³-hybridized carbons (Fsp3) is 0. The van der Waals surface area contributed by atoms with Crippen LogP contribution in [-0.4, -0.2) is 9.55 Å². The molecule has 0 unspecified atom stereocenters. The van der Waals surface area contributed by atoms with Gasteiger partial charge in [0.1, 0.15) is 17.0 Å². The van der Waals surface area contributed by atoms with Crippen LogP contribution >= 0.6 is 0 Å². The van der Waals surface area contributed by atoms with Crippen LogP contribution in [0.1, 0.15) is 0 Å². The summed E-state index contributed by atoms with van der Waals surface area (Å²) in [6.45, 7) is 0. The fourth-order valence-electron chi connectivity index (χ4n) is 9.59. The Morgan fingerprint density at radius 2 is 1.02 bits per heavy atom. The third-order valence-corrected chi connectivity index (χ3v) is 12.3. The Morgan fingerprint density at radius 3 is 1.88 bits per heavy atom. The first-order chi connectivity index (χ1) is 29.8. The van der Waals surface area contributed by atoms with Crippen molar-refractivity contribution in [2.75, 3.05) is 9.80 Å². The summed E-state index contributed by atoms with van der Waals surface area (Å²) in [5.74, 6) is 0.925. The van der Waals surface area contributed by atoms with Crippen LogP contribution in [0.15, 0.2) is 211 Å². The van der Waals surface area contributed by atoms with E-state index >= 15 is 0 Å². The van der Waals surface area contributed by atoms with Crippen molar-refractivity contribution in [2.45, 2.75) is 0 Å². The Morgan fingerprint density at radius 1 is 0.367 bits per heavy atom. The molecule has 280 valence electrons. The Hall–Kier alpha value is -8.15. The number of fused-ring (bicyclic) bond motifs is 11. The van der Waals surface area contributed by atoms with Gasteiger partial charge >= 0.3 is 0 Å². The number of benzene rings is 9. The lowest BCUT2D eigenvalue weighted by molar-refractivity contribution is 0.669. The van der Waals surface area contributed by atoms with Crippen LogP contribution < -0.4 is 9.80 Å². The van der Waals surface area contributed by atoms with Gasteiger partial charge in [0.2, 0.25) is 0 Å². The van der Waals surface area contributed by atoms with Gasteiger partial charge in [0, 0.05) is 38.8 Å². The number of nitrogens with zero attached hydrogens (tertiary/aromatic N) is 4. The summed E-state index contributed by atoms with van der Waals surface area (Å²) in [5, 5.41) is 2.23. The van der Waals surface area contributed by atoms with Crippen LogP contribution in [0.5, 0.6) is 0 Å². The molecule has 0 saturated heterocycles. The molecule has 4 heterocycles. The molecular weight excluding hydrogens is 733 g/mol. The summed E-state index contributed by atoms with van der Waals surface area (Å²) >= 11 is 0. The van der Waals surface area contributed by atoms with Gasteiger partial charge in [-0.1, -0.05) is 127 Å². The Kier molecular flexibility index (Phi) is 6.95. The quantitative estimate of drug-likeness (QED) is 0.179. The van der Waals surface area contributed by atoms with Gasteiger partial charge in [-0.15, -0.1) is 0 Å². The Labute approximate surface area is 346 Å². The highest BCUT2D eigenvalue weighted by atomic mass is 16.3. The van der Waals surface area contributed by atoms with E-state index in [4.69, 9.17) is 9.40 Å². The van der Waals surface area contributed by atoms with E-state index < -0.39 is 0 Å². The first kappa shape index (κ1) is 32.9. The molecular formula is C55H34N4O. The van der Waals surface area contributed by atoms with Crippen LogP contribution in [-0.2, 0) is 0 Å². The van der Waals surface area contributed by atoms with E-state index in [1.807, 2.05) is 12.1 Å². The van der Waals surface area contributed by atoms with Crippen molar-refractivity contribution in [2.24, 2.45) is 0 Å². The predicted octanol–water partition coefficient (Wildman–Crippen LogP) is 15.2. The molecule has 0 amide bonds. The van der Waals surface area contributed by atoms with Crippen molar-refractivity contribution in [1.82, 2.24) is 9.55 Å². The summed E-state index contributed by atoms with van der Waals surface area (Å²) in [6.07, 6.45) is 0. The number of imidazole rings is 1. The van der Waals surface area contributed by atoms with Crippen molar-refractivity contribution < 1.29 is 4.42 Å². The highest BCUT2D eigenvalue weighted by Gasteiger charge is 2.36. The van der Waals surface area contributed by atoms with Gasteiger partial charge in [0.25, 0.3) is 0 Å². The molecule has 0 N–H and O–H groups in total. The second-order valence-electron chi connectivity index (χ2n) is 15.6. The minimum absolute atomic E-state index is 0.888. The SMILES string of the molecule is c1ccc(-n2c(-c3ccc(-c4ccc5c(c4)-c4ccccc4-c4cccc6c4N5c4ccccc4N6c4ccc5oc6ccccc6c5c4)cc3)nc3ccccc32)cc1. The first-order valence-corrected chi connectivity index (χ1v) is 20.4. The molecule has 2 aliphatic heterocycles. The highest BCUT2D eigenvalue weighted by molar-refractivity contribution is 6.13. The molecule has 0 atom stereocenters. The van der Waals surface area contributed by atoms with E-state index in [-0.39, 0.29) is 0 Å². The smallest absolute Gasteiger partial charge is 0.145 e. The van der Waals surface area contributed by atoms with Crippen LogP contribution in [0.2, 0.25) is 0 Å². The molecule has 0 fully saturated rings. The van der Waals surface area contributed by atoms with Crippen LogP contribution in [0.4, 0.5) is 34.1 Å². The molecule has 9 aromatic carbocycles. The van der Waals surface area contributed by atoms with Crippen LogP contribution in [0.3, 0.4) is 0 Å². The number of furan rings is 1.